The fourth-order valence-corrected chi connectivity index (χ4v) is 4.10. The van der Waals surface area contributed by atoms with Gasteiger partial charge in [0.25, 0.3) is 0 Å². The van der Waals surface area contributed by atoms with Gasteiger partial charge in [-0.15, -0.1) is 11.8 Å². The normalized spacial score (nSPS) is 11.9. The van der Waals surface area contributed by atoms with Gasteiger partial charge in [0.15, 0.2) is 0 Å². The van der Waals surface area contributed by atoms with Gasteiger partial charge in [-0.1, -0.05) is 30.3 Å². The average Bonchev–Trinajstić information content (AvgIpc) is 2.68. The number of thioether (sulfide) groups is 1. The Morgan fingerprint density at radius 3 is 2.64 bits per heavy atom. The van der Waals surface area contributed by atoms with Crippen molar-refractivity contribution in [1.82, 2.24) is 4.98 Å². The van der Waals surface area contributed by atoms with Crippen LogP contribution in [0.1, 0.15) is 0 Å². The van der Waals surface area contributed by atoms with Crippen LogP contribution in [0.2, 0.25) is 0 Å². The molecule has 0 saturated carbocycles. The van der Waals surface area contributed by atoms with Crippen molar-refractivity contribution in [3.8, 4) is 33.8 Å². The predicted molar refractivity (Wildman–Crippen MR) is 104 cm³/mol. The molecule has 0 N–H and O–H groups in total. The Kier molecular flexibility index (Phi) is 3.28. The molecule has 0 spiro atoms. The molecule has 25 heavy (non-hydrogen) atoms. The van der Waals surface area contributed by atoms with Crippen molar-refractivity contribution in [2.75, 3.05) is 6.26 Å². The van der Waals surface area contributed by atoms with Crippen molar-refractivity contribution in [2.45, 2.75) is 4.90 Å². The summed E-state index contributed by atoms with van der Waals surface area (Å²) in [7, 11) is 0. The lowest BCUT2D eigenvalue weighted by Crippen LogP contribution is -1.97. The van der Waals surface area contributed by atoms with Crippen LogP contribution in [0.5, 0.6) is 11.5 Å². The number of nitrogens with zero attached hydrogens (tertiary/aromatic N) is 1. The van der Waals surface area contributed by atoms with Crippen LogP contribution in [0.15, 0.2) is 78.0 Å². The summed E-state index contributed by atoms with van der Waals surface area (Å²) < 4.78 is 6.13. The lowest BCUT2D eigenvalue weighted by Gasteiger charge is -2.22. The molecule has 1 aromatic heterocycles. The molecule has 4 aromatic rings. The summed E-state index contributed by atoms with van der Waals surface area (Å²) in [5.74, 6) is 1.84. The number of fused-ring (bicyclic) bond motifs is 2. The van der Waals surface area contributed by atoms with Crippen LogP contribution in [-0.4, -0.2) is 11.2 Å². The van der Waals surface area contributed by atoms with E-state index in [1.165, 1.54) is 32.4 Å². The molecule has 0 radical (unpaired) electrons. The molecule has 3 heteroatoms. The van der Waals surface area contributed by atoms with Gasteiger partial charge in [-0.25, -0.2) is 0 Å². The van der Waals surface area contributed by atoms with Gasteiger partial charge < -0.3 is 4.74 Å². The summed E-state index contributed by atoms with van der Waals surface area (Å²) in [6.45, 7) is 0. The van der Waals surface area contributed by atoms with E-state index in [1.807, 2.05) is 30.6 Å². The molecule has 0 amide bonds. The van der Waals surface area contributed by atoms with Crippen LogP contribution >= 0.6 is 11.8 Å². The molecular formula is C22H15NOS. The van der Waals surface area contributed by atoms with Crippen molar-refractivity contribution in [3.05, 3.63) is 73.1 Å². The van der Waals surface area contributed by atoms with Gasteiger partial charge in [0, 0.05) is 28.2 Å². The van der Waals surface area contributed by atoms with Crippen molar-refractivity contribution in [2.24, 2.45) is 0 Å². The van der Waals surface area contributed by atoms with Crippen molar-refractivity contribution in [3.63, 3.8) is 0 Å². The zero-order valence-corrected chi connectivity index (χ0v) is 14.5. The molecule has 1 aliphatic heterocycles. The molecule has 5 rings (SSSR count). The third kappa shape index (κ3) is 2.24. The maximum atomic E-state index is 6.13. The molecule has 0 unspecified atom stereocenters. The number of hydrogen-bond donors (Lipinski definition) is 0. The third-order valence-corrected chi connectivity index (χ3v) is 5.42. The Bertz CT molecular complexity index is 1120. The largest absolute Gasteiger partial charge is 0.456 e. The number of ether oxygens (including phenoxy) is 1. The minimum Gasteiger partial charge on any atom is -0.456 e. The Balaban J connectivity index is 1.86. The molecular weight excluding hydrogens is 326 g/mol. The lowest BCUT2D eigenvalue weighted by atomic mass is 9.91. The molecule has 2 heterocycles. The van der Waals surface area contributed by atoms with E-state index in [-0.39, 0.29) is 0 Å². The van der Waals surface area contributed by atoms with Crippen molar-refractivity contribution < 1.29 is 4.74 Å². The smallest absolute Gasteiger partial charge is 0.135 e. The van der Waals surface area contributed by atoms with Gasteiger partial charge in [-0.05, 0) is 58.7 Å². The molecule has 0 bridgehead atoms. The Morgan fingerprint density at radius 2 is 1.72 bits per heavy atom. The second kappa shape index (κ2) is 5.64. The Hall–Kier alpha value is -2.78. The number of hydrogen-bond acceptors (Lipinski definition) is 3. The van der Waals surface area contributed by atoms with Crippen LogP contribution in [0.3, 0.4) is 0 Å². The highest BCUT2D eigenvalue weighted by Crippen LogP contribution is 2.48. The predicted octanol–water partition coefficient (Wildman–Crippen LogP) is 6.40. The minimum atomic E-state index is 0.916. The monoisotopic (exact) mass is 341 g/mol. The van der Waals surface area contributed by atoms with Crippen LogP contribution < -0.4 is 4.74 Å². The lowest BCUT2D eigenvalue weighted by molar-refractivity contribution is 0.487. The van der Waals surface area contributed by atoms with Gasteiger partial charge in [0.05, 0.1) is 0 Å². The van der Waals surface area contributed by atoms with E-state index < -0.39 is 0 Å². The van der Waals surface area contributed by atoms with Gasteiger partial charge in [-0.3, -0.25) is 4.98 Å². The van der Waals surface area contributed by atoms with Crippen molar-refractivity contribution in [1.29, 1.82) is 0 Å². The second-order valence-electron chi connectivity index (χ2n) is 6.05. The summed E-state index contributed by atoms with van der Waals surface area (Å²) in [6, 6.07) is 21.1. The molecule has 1 aliphatic rings. The van der Waals surface area contributed by atoms with E-state index >= 15 is 0 Å². The second-order valence-corrected chi connectivity index (χ2v) is 6.90. The van der Waals surface area contributed by atoms with Gasteiger partial charge in [0.1, 0.15) is 11.5 Å². The minimum absolute atomic E-state index is 0.916. The summed E-state index contributed by atoms with van der Waals surface area (Å²) in [5, 5.41) is 2.38. The highest BCUT2D eigenvalue weighted by atomic mass is 32.2. The van der Waals surface area contributed by atoms with E-state index in [1.54, 1.807) is 11.8 Å². The number of benzene rings is 3. The third-order valence-electron chi connectivity index (χ3n) is 4.65. The van der Waals surface area contributed by atoms with Crippen LogP contribution in [-0.2, 0) is 0 Å². The SMILES string of the molecule is CSc1cnccc1-c1cc2c3c(cccc3c1)Oc1ccccc1-2. The topological polar surface area (TPSA) is 22.1 Å². The van der Waals surface area contributed by atoms with Gasteiger partial charge in [0.2, 0.25) is 0 Å². The Labute approximate surface area is 150 Å². The highest BCUT2D eigenvalue weighted by Gasteiger charge is 2.20. The summed E-state index contributed by atoms with van der Waals surface area (Å²) in [4.78, 5) is 5.45. The zero-order chi connectivity index (χ0) is 16.8. The summed E-state index contributed by atoms with van der Waals surface area (Å²) >= 11 is 1.72. The summed E-state index contributed by atoms with van der Waals surface area (Å²) in [6.07, 6.45) is 5.88. The first kappa shape index (κ1) is 14.6. The quantitative estimate of drug-likeness (QED) is 0.347. The van der Waals surface area contributed by atoms with Gasteiger partial charge >= 0.3 is 0 Å². The van der Waals surface area contributed by atoms with E-state index in [4.69, 9.17) is 4.74 Å². The molecule has 0 atom stereocenters. The number of para-hydroxylation sites is 1. The van der Waals surface area contributed by atoms with E-state index in [0.29, 0.717) is 0 Å². The first-order valence-electron chi connectivity index (χ1n) is 8.17. The van der Waals surface area contributed by atoms with E-state index in [0.717, 1.165) is 17.1 Å². The molecule has 3 aromatic carbocycles. The maximum Gasteiger partial charge on any atom is 0.135 e. The molecule has 0 saturated heterocycles. The van der Waals surface area contributed by atoms with Gasteiger partial charge in [-0.2, -0.15) is 0 Å². The van der Waals surface area contributed by atoms with E-state index in [2.05, 4.69) is 53.7 Å². The fourth-order valence-electron chi connectivity index (χ4n) is 3.52. The zero-order valence-electron chi connectivity index (χ0n) is 13.7. The number of rotatable bonds is 2. The molecule has 0 aliphatic carbocycles. The highest BCUT2D eigenvalue weighted by molar-refractivity contribution is 7.98. The van der Waals surface area contributed by atoms with Crippen LogP contribution in [0.4, 0.5) is 0 Å². The Morgan fingerprint density at radius 1 is 0.840 bits per heavy atom. The average molecular weight is 341 g/mol. The number of pyridine rings is 1. The number of aromatic nitrogens is 1. The summed E-state index contributed by atoms with van der Waals surface area (Å²) in [5.41, 5.74) is 4.81. The van der Waals surface area contributed by atoms with E-state index in [9.17, 15) is 0 Å². The maximum absolute atomic E-state index is 6.13. The standard InChI is InChI=1S/C22H15NOS/c1-25-21-13-23-10-9-16(21)15-11-14-5-4-8-20-22(14)18(12-15)17-6-2-3-7-19(17)24-20/h2-13H,1H3. The molecule has 0 fully saturated rings. The fraction of sp³-hybridized carbons (Fsp3) is 0.0455. The van der Waals surface area contributed by atoms with Crippen LogP contribution in [0, 0.1) is 0 Å². The molecule has 120 valence electrons. The van der Waals surface area contributed by atoms with Crippen LogP contribution in [0.25, 0.3) is 33.0 Å². The molecule has 2 nitrogen and oxygen atoms in total. The first-order valence-corrected chi connectivity index (χ1v) is 9.40. The first-order chi connectivity index (χ1) is 12.3. The van der Waals surface area contributed by atoms with Crippen molar-refractivity contribution >= 4 is 22.5 Å².